The molecule has 4 aromatic rings. The van der Waals surface area contributed by atoms with Gasteiger partial charge in [-0.15, -0.1) is 10.2 Å². The van der Waals surface area contributed by atoms with E-state index >= 15 is 0 Å². The normalized spacial score (nSPS) is 12.6. The Labute approximate surface area is 187 Å². The maximum atomic E-state index is 12.5. The number of aryl methyl sites for hydroxylation is 2. The molecule has 1 aliphatic rings. The minimum absolute atomic E-state index is 0.223. The van der Waals surface area contributed by atoms with Crippen molar-refractivity contribution >= 4 is 23.3 Å². The van der Waals surface area contributed by atoms with Crippen LogP contribution in [-0.4, -0.2) is 25.5 Å². The van der Waals surface area contributed by atoms with Gasteiger partial charge in [0.05, 0.1) is 0 Å². The number of nitrogens with one attached hydrogen (secondary N) is 2. The van der Waals surface area contributed by atoms with E-state index in [0.29, 0.717) is 22.7 Å². The van der Waals surface area contributed by atoms with Crippen molar-refractivity contribution in [3.8, 4) is 11.5 Å². The molecular formula is C23H21N5O3S. The zero-order valence-electron chi connectivity index (χ0n) is 17.2. The van der Waals surface area contributed by atoms with Crippen molar-refractivity contribution in [2.24, 2.45) is 0 Å². The molecule has 0 radical (unpaired) electrons. The molecule has 1 aliphatic carbocycles. The van der Waals surface area contributed by atoms with Crippen LogP contribution in [-0.2, 0) is 19.4 Å². The van der Waals surface area contributed by atoms with E-state index in [9.17, 15) is 9.59 Å². The number of aromatic amines is 1. The first-order chi connectivity index (χ1) is 15.7. The molecule has 0 saturated heterocycles. The van der Waals surface area contributed by atoms with Crippen molar-refractivity contribution in [3.63, 3.8) is 0 Å². The van der Waals surface area contributed by atoms with Crippen LogP contribution in [0.5, 0.6) is 0 Å². The molecule has 5 rings (SSSR count). The van der Waals surface area contributed by atoms with Crippen LogP contribution in [0.25, 0.3) is 11.5 Å². The van der Waals surface area contributed by atoms with Crippen LogP contribution >= 0.6 is 11.8 Å². The highest BCUT2D eigenvalue weighted by Crippen LogP contribution is 2.26. The number of hydrogen-bond acceptors (Lipinski definition) is 7. The predicted octanol–water partition coefficient (Wildman–Crippen LogP) is 3.61. The first-order valence-electron chi connectivity index (χ1n) is 10.4. The number of thioether (sulfide) groups is 1. The Morgan fingerprint density at radius 2 is 1.88 bits per heavy atom. The van der Waals surface area contributed by atoms with Gasteiger partial charge in [-0.3, -0.25) is 14.3 Å². The maximum absolute atomic E-state index is 12.5. The van der Waals surface area contributed by atoms with Crippen LogP contribution in [0.4, 0.5) is 11.5 Å². The molecule has 2 aromatic heterocycles. The summed E-state index contributed by atoms with van der Waals surface area (Å²) in [7, 11) is 0. The molecule has 2 aromatic carbocycles. The van der Waals surface area contributed by atoms with E-state index in [1.165, 1.54) is 35.4 Å². The third kappa shape index (κ3) is 4.38. The van der Waals surface area contributed by atoms with Gasteiger partial charge in [0.2, 0.25) is 5.89 Å². The first kappa shape index (κ1) is 20.3. The number of anilines is 2. The van der Waals surface area contributed by atoms with Crippen molar-refractivity contribution in [1.82, 2.24) is 19.7 Å². The smallest absolute Gasteiger partial charge is 0.329 e. The number of rotatable bonds is 7. The molecule has 0 aliphatic heterocycles. The minimum atomic E-state index is -0.461. The van der Waals surface area contributed by atoms with E-state index in [1.807, 2.05) is 36.4 Å². The summed E-state index contributed by atoms with van der Waals surface area (Å²) in [5.74, 6) is 1.26. The number of benzene rings is 2. The average Bonchev–Trinajstić information content (AvgIpc) is 3.45. The summed E-state index contributed by atoms with van der Waals surface area (Å²) >= 11 is 1.30. The topological polar surface area (TPSA) is 106 Å². The van der Waals surface area contributed by atoms with Gasteiger partial charge in [-0.05, 0) is 54.7 Å². The average molecular weight is 448 g/mol. The maximum Gasteiger partial charge on any atom is 0.329 e. The molecule has 8 nitrogen and oxygen atoms in total. The SMILES string of the molecule is O=c1cc(Nc2ccc3c(c2)CCC3)[nH]c(=O)n1CCSc1nnc(-c2ccccc2)o1. The highest BCUT2D eigenvalue weighted by atomic mass is 32.2. The Balaban J connectivity index is 1.23. The summed E-state index contributed by atoms with van der Waals surface area (Å²) in [6.07, 6.45) is 3.34. The first-order valence-corrected chi connectivity index (χ1v) is 11.4. The second-order valence-electron chi connectivity index (χ2n) is 7.53. The van der Waals surface area contributed by atoms with Gasteiger partial charge in [0.1, 0.15) is 5.82 Å². The van der Waals surface area contributed by atoms with Crippen LogP contribution in [0, 0.1) is 0 Å². The predicted molar refractivity (Wildman–Crippen MR) is 124 cm³/mol. The quantitative estimate of drug-likeness (QED) is 0.417. The number of nitrogens with zero attached hydrogens (tertiary/aromatic N) is 3. The fourth-order valence-corrected chi connectivity index (χ4v) is 4.48. The molecule has 0 saturated carbocycles. The molecule has 0 unspecified atom stereocenters. The third-order valence-electron chi connectivity index (χ3n) is 5.37. The summed E-state index contributed by atoms with van der Waals surface area (Å²) in [6, 6.07) is 17.0. The van der Waals surface area contributed by atoms with Crippen molar-refractivity contribution < 1.29 is 4.42 Å². The van der Waals surface area contributed by atoms with Gasteiger partial charge >= 0.3 is 5.69 Å². The standard InChI is InChI=1S/C23H21N5O3S/c29-20-14-19(24-18-10-9-15-7-4-8-17(15)13-18)25-22(30)28(20)11-12-32-23-27-26-21(31-23)16-5-2-1-3-6-16/h1-3,5-6,9-10,13-14,24H,4,7-8,11-12H2,(H,25,30). The van der Waals surface area contributed by atoms with Crippen LogP contribution in [0.3, 0.4) is 0 Å². The Bertz CT molecular complexity index is 1330. The molecule has 0 amide bonds. The molecule has 9 heteroatoms. The van der Waals surface area contributed by atoms with Crippen molar-refractivity contribution in [1.29, 1.82) is 0 Å². The Hall–Kier alpha value is -3.59. The zero-order valence-corrected chi connectivity index (χ0v) is 18.0. The van der Waals surface area contributed by atoms with Crippen molar-refractivity contribution in [2.45, 2.75) is 31.0 Å². The van der Waals surface area contributed by atoms with E-state index in [4.69, 9.17) is 4.42 Å². The van der Waals surface area contributed by atoms with E-state index in [1.54, 1.807) is 0 Å². The Kier molecular flexibility index (Phi) is 5.64. The van der Waals surface area contributed by atoms with E-state index in [2.05, 4.69) is 32.6 Å². The highest BCUT2D eigenvalue weighted by molar-refractivity contribution is 7.99. The summed E-state index contributed by atoms with van der Waals surface area (Å²) < 4.78 is 6.80. The summed E-state index contributed by atoms with van der Waals surface area (Å²) in [6.45, 7) is 0.223. The van der Waals surface area contributed by atoms with Gasteiger partial charge in [-0.2, -0.15) is 0 Å². The summed E-state index contributed by atoms with van der Waals surface area (Å²) in [5, 5.41) is 11.6. The summed E-state index contributed by atoms with van der Waals surface area (Å²) in [5.41, 5.74) is 3.56. The molecule has 0 fully saturated rings. The van der Waals surface area contributed by atoms with Crippen molar-refractivity contribution in [2.75, 3.05) is 11.1 Å². The second-order valence-corrected chi connectivity index (χ2v) is 8.57. The fraction of sp³-hybridized carbons (Fsp3) is 0.217. The van der Waals surface area contributed by atoms with Gasteiger partial charge in [0.25, 0.3) is 10.8 Å². The summed E-state index contributed by atoms with van der Waals surface area (Å²) in [4.78, 5) is 27.7. The van der Waals surface area contributed by atoms with Gasteiger partial charge in [0.15, 0.2) is 0 Å². The largest absolute Gasteiger partial charge is 0.411 e. The fourth-order valence-electron chi connectivity index (χ4n) is 3.79. The van der Waals surface area contributed by atoms with Gasteiger partial charge in [0, 0.05) is 29.6 Å². The molecule has 0 spiro atoms. The Morgan fingerprint density at radius 1 is 1.03 bits per heavy atom. The number of aromatic nitrogens is 4. The number of H-pyrrole nitrogens is 1. The van der Waals surface area contributed by atoms with Crippen LogP contribution in [0.15, 0.2) is 73.8 Å². The lowest BCUT2D eigenvalue weighted by Crippen LogP contribution is -2.35. The van der Waals surface area contributed by atoms with Crippen molar-refractivity contribution in [3.05, 3.63) is 86.6 Å². The molecule has 0 atom stereocenters. The highest BCUT2D eigenvalue weighted by Gasteiger charge is 2.12. The van der Waals surface area contributed by atoms with E-state index in [-0.39, 0.29) is 12.1 Å². The number of hydrogen-bond donors (Lipinski definition) is 2. The molecule has 2 N–H and O–H groups in total. The lowest BCUT2D eigenvalue weighted by Gasteiger charge is -2.10. The van der Waals surface area contributed by atoms with Gasteiger partial charge in [-0.25, -0.2) is 4.79 Å². The molecule has 162 valence electrons. The minimum Gasteiger partial charge on any atom is -0.411 e. The molecule has 32 heavy (non-hydrogen) atoms. The monoisotopic (exact) mass is 447 g/mol. The second kappa shape index (κ2) is 8.88. The van der Waals surface area contributed by atoms with E-state index < -0.39 is 5.69 Å². The molecular weight excluding hydrogens is 426 g/mol. The van der Waals surface area contributed by atoms with E-state index in [0.717, 1.165) is 28.7 Å². The Morgan fingerprint density at radius 3 is 2.72 bits per heavy atom. The van der Waals surface area contributed by atoms with Crippen LogP contribution < -0.4 is 16.6 Å². The molecule has 2 heterocycles. The zero-order chi connectivity index (χ0) is 21.9. The third-order valence-corrected chi connectivity index (χ3v) is 6.16. The lowest BCUT2D eigenvalue weighted by atomic mass is 10.1. The molecule has 0 bridgehead atoms. The number of fused-ring (bicyclic) bond motifs is 1. The van der Waals surface area contributed by atoms with Crippen LogP contribution in [0.2, 0.25) is 0 Å². The van der Waals surface area contributed by atoms with Gasteiger partial charge < -0.3 is 9.73 Å². The van der Waals surface area contributed by atoms with Crippen LogP contribution in [0.1, 0.15) is 17.5 Å². The van der Waals surface area contributed by atoms with Gasteiger partial charge in [-0.1, -0.05) is 36.0 Å². The lowest BCUT2D eigenvalue weighted by molar-refractivity contribution is 0.465.